The third kappa shape index (κ3) is 1.89. The molecule has 0 spiro atoms. The molecule has 0 aromatic carbocycles. The fourth-order valence-corrected chi connectivity index (χ4v) is 4.01. The second-order valence-corrected chi connectivity index (χ2v) is 6.52. The molecule has 1 aliphatic rings. The van der Waals surface area contributed by atoms with Crippen LogP contribution >= 0.6 is 23.1 Å². The minimum Gasteiger partial charge on any atom is -0.295 e. The third-order valence-electron chi connectivity index (χ3n) is 2.88. The molecule has 0 bridgehead atoms. The van der Waals surface area contributed by atoms with Crippen LogP contribution in [0.1, 0.15) is 25.6 Å². The lowest BCUT2D eigenvalue weighted by molar-refractivity contribution is 0.501. The molecule has 3 heterocycles. The summed E-state index contributed by atoms with van der Waals surface area (Å²) in [5.41, 5.74) is 0.745. The summed E-state index contributed by atoms with van der Waals surface area (Å²) in [4.78, 5) is 21.2. The van der Waals surface area contributed by atoms with E-state index >= 15 is 0 Å². The molecule has 0 radical (unpaired) electrons. The molecule has 4 nitrogen and oxygen atoms in total. The third-order valence-corrected chi connectivity index (χ3v) is 4.93. The Morgan fingerprint density at radius 3 is 3.12 bits per heavy atom. The van der Waals surface area contributed by atoms with Gasteiger partial charge < -0.3 is 0 Å². The van der Waals surface area contributed by atoms with E-state index in [-0.39, 0.29) is 5.56 Å². The van der Waals surface area contributed by atoms with Gasteiger partial charge in [-0.05, 0) is 18.6 Å². The highest BCUT2D eigenvalue weighted by Gasteiger charge is 2.17. The lowest BCUT2D eigenvalue weighted by Gasteiger charge is -2.16. The zero-order valence-electron chi connectivity index (χ0n) is 9.60. The summed E-state index contributed by atoms with van der Waals surface area (Å²) in [5, 5.41) is 0. The van der Waals surface area contributed by atoms with Crippen LogP contribution in [0.15, 0.2) is 9.13 Å². The molecule has 90 valence electrons. The zero-order chi connectivity index (χ0) is 11.8. The normalized spacial score (nSPS) is 15.1. The second kappa shape index (κ2) is 4.42. The molecule has 17 heavy (non-hydrogen) atoms. The van der Waals surface area contributed by atoms with Crippen LogP contribution in [0, 0.1) is 0 Å². The Labute approximate surface area is 107 Å². The highest BCUT2D eigenvalue weighted by atomic mass is 32.2. The van der Waals surface area contributed by atoms with Gasteiger partial charge in [0.2, 0.25) is 0 Å². The maximum Gasteiger partial charge on any atom is 0.273 e. The van der Waals surface area contributed by atoms with E-state index in [1.54, 1.807) is 11.8 Å². The van der Waals surface area contributed by atoms with Crippen LogP contribution in [0.25, 0.3) is 10.3 Å². The Hall–Kier alpha value is -0.880. The lowest BCUT2D eigenvalue weighted by atomic mass is 10.1. The van der Waals surface area contributed by atoms with Crippen molar-refractivity contribution in [2.45, 2.75) is 37.1 Å². The average Bonchev–Trinajstić information content (AvgIpc) is 2.73. The number of rotatable bonds is 2. The lowest BCUT2D eigenvalue weighted by Crippen LogP contribution is -2.27. The molecule has 6 heteroatoms. The zero-order valence-corrected chi connectivity index (χ0v) is 11.2. The average molecular weight is 267 g/mol. The fraction of sp³-hybridized carbons (Fsp3) is 0.545. The highest BCUT2D eigenvalue weighted by Crippen LogP contribution is 2.27. The maximum absolute atomic E-state index is 12.3. The van der Waals surface area contributed by atoms with Crippen molar-refractivity contribution >= 4 is 33.4 Å². The number of fused-ring (bicyclic) bond motifs is 2. The molecular formula is C11H13N3OS2. The van der Waals surface area contributed by atoms with E-state index in [4.69, 9.17) is 0 Å². The number of hydrogen-bond acceptors (Lipinski definition) is 5. The molecule has 0 fully saturated rings. The van der Waals surface area contributed by atoms with Gasteiger partial charge in [-0.1, -0.05) is 18.7 Å². The first-order valence-electron chi connectivity index (χ1n) is 5.82. The predicted octanol–water partition coefficient (Wildman–Crippen LogP) is 2.30. The van der Waals surface area contributed by atoms with E-state index in [1.807, 2.05) is 4.57 Å². The summed E-state index contributed by atoms with van der Waals surface area (Å²) in [6, 6.07) is 0. The van der Waals surface area contributed by atoms with Gasteiger partial charge in [0.15, 0.2) is 9.99 Å². The minimum atomic E-state index is 0.102. The van der Waals surface area contributed by atoms with Gasteiger partial charge in [-0.15, -0.1) is 11.3 Å². The molecule has 0 aliphatic carbocycles. The number of thiazole rings is 1. The summed E-state index contributed by atoms with van der Waals surface area (Å²) in [7, 11) is 0. The number of aryl methyl sites for hydroxylation is 1. The predicted molar refractivity (Wildman–Crippen MR) is 71.0 cm³/mol. The first kappa shape index (κ1) is 11.2. The van der Waals surface area contributed by atoms with Crippen LogP contribution in [0.5, 0.6) is 0 Å². The quantitative estimate of drug-likeness (QED) is 0.783. The van der Waals surface area contributed by atoms with E-state index < -0.39 is 0 Å². The van der Waals surface area contributed by atoms with Crippen molar-refractivity contribution in [1.82, 2.24) is 14.5 Å². The summed E-state index contributed by atoms with van der Waals surface area (Å²) in [6.07, 6.45) is 3.10. The molecule has 0 amide bonds. The largest absolute Gasteiger partial charge is 0.295 e. The molecule has 0 N–H and O–H groups in total. The monoisotopic (exact) mass is 267 g/mol. The van der Waals surface area contributed by atoms with Crippen LogP contribution in [0.4, 0.5) is 0 Å². The molecule has 3 rings (SSSR count). The number of hydrogen-bond donors (Lipinski definition) is 0. The number of aromatic nitrogens is 3. The Morgan fingerprint density at radius 1 is 1.41 bits per heavy atom. The highest BCUT2D eigenvalue weighted by molar-refractivity contribution is 8.01. The summed E-state index contributed by atoms with van der Waals surface area (Å²) < 4.78 is 3.49. The molecular weight excluding hydrogens is 254 g/mol. The molecule has 0 atom stereocenters. The van der Waals surface area contributed by atoms with Crippen molar-refractivity contribution < 1.29 is 0 Å². The van der Waals surface area contributed by atoms with Crippen molar-refractivity contribution in [2.75, 3.05) is 5.75 Å². The van der Waals surface area contributed by atoms with Crippen molar-refractivity contribution in [1.29, 1.82) is 0 Å². The van der Waals surface area contributed by atoms with Crippen molar-refractivity contribution in [3.63, 3.8) is 0 Å². The van der Waals surface area contributed by atoms with Gasteiger partial charge in [-0.3, -0.25) is 9.36 Å². The Balaban J connectivity index is 2.22. The van der Waals surface area contributed by atoms with Crippen LogP contribution in [-0.2, 0) is 13.0 Å². The molecule has 0 saturated carbocycles. The Morgan fingerprint density at radius 2 is 2.29 bits per heavy atom. The molecule has 0 unspecified atom stereocenters. The Kier molecular flexibility index (Phi) is 2.92. The van der Waals surface area contributed by atoms with Crippen molar-refractivity contribution in [3.05, 3.63) is 16.2 Å². The summed E-state index contributed by atoms with van der Waals surface area (Å²) >= 11 is 3.15. The number of thioether (sulfide) groups is 1. The molecule has 2 aromatic rings. The van der Waals surface area contributed by atoms with Crippen LogP contribution in [0.3, 0.4) is 0 Å². The van der Waals surface area contributed by atoms with E-state index in [9.17, 15) is 4.79 Å². The van der Waals surface area contributed by atoms with Crippen molar-refractivity contribution in [2.24, 2.45) is 0 Å². The van der Waals surface area contributed by atoms with E-state index in [0.717, 1.165) is 41.7 Å². The maximum atomic E-state index is 12.3. The van der Waals surface area contributed by atoms with Gasteiger partial charge in [0.1, 0.15) is 10.5 Å². The van der Waals surface area contributed by atoms with Crippen LogP contribution in [0.2, 0.25) is 0 Å². The molecule has 2 aromatic heterocycles. The fourth-order valence-electron chi connectivity index (χ4n) is 2.09. The van der Waals surface area contributed by atoms with Crippen molar-refractivity contribution in [3.8, 4) is 0 Å². The van der Waals surface area contributed by atoms with Gasteiger partial charge in [-0.25, -0.2) is 9.97 Å². The first-order chi connectivity index (χ1) is 8.29. The summed E-state index contributed by atoms with van der Waals surface area (Å²) in [5.74, 6) is 1.88. The van der Waals surface area contributed by atoms with Gasteiger partial charge in [0.05, 0.1) is 0 Å². The summed E-state index contributed by atoms with van der Waals surface area (Å²) in [6.45, 7) is 2.90. The van der Waals surface area contributed by atoms with Gasteiger partial charge in [0, 0.05) is 13.0 Å². The van der Waals surface area contributed by atoms with Gasteiger partial charge in [-0.2, -0.15) is 0 Å². The Bertz CT molecular complexity index is 617. The SMILES string of the molecule is CCSc1nc2nc3n(c(=O)c2s1)CCCC3. The first-order valence-corrected chi connectivity index (χ1v) is 7.63. The second-order valence-electron chi connectivity index (χ2n) is 4.01. The number of nitrogens with zero attached hydrogens (tertiary/aromatic N) is 3. The molecule has 0 saturated heterocycles. The minimum absolute atomic E-state index is 0.102. The van der Waals surface area contributed by atoms with Gasteiger partial charge >= 0.3 is 0 Å². The van der Waals surface area contributed by atoms with Crippen LogP contribution < -0.4 is 5.56 Å². The molecule has 1 aliphatic heterocycles. The smallest absolute Gasteiger partial charge is 0.273 e. The van der Waals surface area contributed by atoms with E-state index in [0.29, 0.717) is 10.3 Å². The van der Waals surface area contributed by atoms with E-state index in [1.165, 1.54) is 11.3 Å². The topological polar surface area (TPSA) is 47.8 Å². The standard InChI is InChI=1S/C11H13N3OS2/c1-2-16-11-13-9-8(17-11)10(15)14-6-4-3-5-7(14)12-9/h2-6H2,1H3. The van der Waals surface area contributed by atoms with Gasteiger partial charge in [0.25, 0.3) is 5.56 Å². The van der Waals surface area contributed by atoms with Crippen LogP contribution in [-0.4, -0.2) is 20.3 Å². The van der Waals surface area contributed by atoms with E-state index in [2.05, 4.69) is 16.9 Å².